The fourth-order valence-electron chi connectivity index (χ4n) is 2.15. The average Bonchev–Trinajstić information content (AvgIpc) is 2.60. The number of nitrogen functional groups attached to an aromatic ring is 1. The third-order valence-corrected chi connectivity index (χ3v) is 3.09. The van der Waals surface area contributed by atoms with Crippen LogP contribution >= 0.6 is 0 Å². The lowest BCUT2D eigenvalue weighted by Gasteiger charge is -2.17. The normalized spacial score (nSPS) is 24.4. The molecule has 1 fully saturated rings. The Morgan fingerprint density at radius 1 is 1.39 bits per heavy atom. The number of halogens is 1. The number of nitrogens with zero attached hydrogens (tertiary/aromatic N) is 1. The molecule has 1 aromatic carbocycles. The minimum absolute atomic E-state index is 0.190. The van der Waals surface area contributed by atoms with E-state index in [-0.39, 0.29) is 5.84 Å². The number of nitrogens with two attached hydrogens (primary N) is 1. The Morgan fingerprint density at radius 3 is 2.56 bits per heavy atom. The van der Waals surface area contributed by atoms with Crippen LogP contribution in [0.1, 0.15) is 11.1 Å². The fraction of sp³-hybridized carbons (Fsp3) is 0.417. The number of benzene rings is 1. The maximum absolute atomic E-state index is 13.1. The Balaban J connectivity index is 2.17. The van der Waals surface area contributed by atoms with Crippen molar-refractivity contribution < 1.29 is 14.6 Å². The van der Waals surface area contributed by atoms with E-state index >= 15 is 0 Å². The van der Waals surface area contributed by atoms with Gasteiger partial charge in [0.05, 0.1) is 12.2 Å². The molecule has 1 aliphatic rings. The monoisotopic (exact) mass is 253 g/mol. The van der Waals surface area contributed by atoms with E-state index < -0.39 is 18.0 Å². The Morgan fingerprint density at radius 2 is 2.00 bits per heavy atom. The van der Waals surface area contributed by atoms with Gasteiger partial charge < -0.3 is 15.9 Å². The molecule has 2 atom stereocenters. The van der Waals surface area contributed by atoms with Crippen LogP contribution in [0.5, 0.6) is 0 Å². The molecule has 5 N–H and O–H groups in total. The molecule has 1 aliphatic heterocycles. The van der Waals surface area contributed by atoms with Crippen LogP contribution in [-0.4, -0.2) is 46.2 Å². The first-order valence-electron chi connectivity index (χ1n) is 5.68. The van der Waals surface area contributed by atoms with Gasteiger partial charge in [0.2, 0.25) is 0 Å². The topological polar surface area (TPSA) is 93.6 Å². The van der Waals surface area contributed by atoms with Crippen molar-refractivity contribution in [1.29, 1.82) is 5.41 Å². The quantitative estimate of drug-likeness (QED) is 0.437. The lowest BCUT2D eigenvalue weighted by Crippen LogP contribution is -2.24. The highest BCUT2D eigenvalue weighted by molar-refractivity contribution is 5.96. The third kappa shape index (κ3) is 2.66. The van der Waals surface area contributed by atoms with Crippen LogP contribution in [-0.2, 0) is 6.54 Å². The highest BCUT2D eigenvalue weighted by Gasteiger charge is 2.29. The molecule has 5 nitrogen and oxygen atoms in total. The number of likely N-dealkylation sites (tertiary alicyclic amines) is 1. The second-order valence-corrected chi connectivity index (χ2v) is 4.54. The van der Waals surface area contributed by atoms with Gasteiger partial charge in [0.15, 0.2) is 0 Å². The summed E-state index contributed by atoms with van der Waals surface area (Å²) in [6.07, 6.45) is -1.52. The summed E-state index contributed by atoms with van der Waals surface area (Å²) in [5.41, 5.74) is 6.48. The van der Waals surface area contributed by atoms with Crippen molar-refractivity contribution in [3.8, 4) is 0 Å². The summed E-state index contributed by atoms with van der Waals surface area (Å²) in [5, 5.41) is 26.3. The van der Waals surface area contributed by atoms with Gasteiger partial charge in [0.1, 0.15) is 11.7 Å². The molecular weight excluding hydrogens is 237 g/mol. The second-order valence-electron chi connectivity index (χ2n) is 4.54. The molecule has 0 bridgehead atoms. The van der Waals surface area contributed by atoms with E-state index in [1.165, 1.54) is 12.1 Å². The van der Waals surface area contributed by atoms with Crippen LogP contribution in [0.15, 0.2) is 18.2 Å². The second kappa shape index (κ2) is 5.01. The van der Waals surface area contributed by atoms with E-state index in [2.05, 4.69) is 0 Å². The first kappa shape index (κ1) is 12.9. The number of amidine groups is 1. The van der Waals surface area contributed by atoms with E-state index in [0.717, 1.165) is 0 Å². The minimum atomic E-state index is -0.758. The van der Waals surface area contributed by atoms with Crippen molar-refractivity contribution in [3.05, 3.63) is 35.1 Å². The molecule has 1 heterocycles. The van der Waals surface area contributed by atoms with E-state index in [4.69, 9.17) is 11.1 Å². The first-order valence-corrected chi connectivity index (χ1v) is 5.68. The Hall–Kier alpha value is -1.50. The van der Waals surface area contributed by atoms with Gasteiger partial charge in [-0.3, -0.25) is 10.3 Å². The van der Waals surface area contributed by atoms with Crippen LogP contribution in [0.3, 0.4) is 0 Å². The maximum Gasteiger partial charge on any atom is 0.123 e. The zero-order chi connectivity index (χ0) is 13.3. The predicted octanol–water partition coefficient (Wildman–Crippen LogP) is -0.353. The first-order chi connectivity index (χ1) is 8.47. The zero-order valence-corrected chi connectivity index (χ0v) is 9.81. The molecular formula is C12H16FN3O2. The summed E-state index contributed by atoms with van der Waals surface area (Å²) in [4.78, 5) is 1.84. The predicted molar refractivity (Wildman–Crippen MR) is 64.7 cm³/mol. The highest BCUT2D eigenvalue weighted by Crippen LogP contribution is 2.17. The number of hydrogen-bond donors (Lipinski definition) is 4. The van der Waals surface area contributed by atoms with Gasteiger partial charge in [-0.2, -0.15) is 0 Å². The SMILES string of the molecule is N=C(N)c1cc(F)ccc1CN1CC(O)C(O)C1. The Labute approximate surface area is 104 Å². The molecule has 2 unspecified atom stereocenters. The molecule has 0 radical (unpaired) electrons. The van der Waals surface area contributed by atoms with Gasteiger partial charge in [0.25, 0.3) is 0 Å². The van der Waals surface area contributed by atoms with E-state index in [9.17, 15) is 14.6 Å². The maximum atomic E-state index is 13.1. The standard InChI is InChI=1S/C12H16FN3O2/c13-8-2-1-7(9(3-8)12(14)15)4-16-5-10(17)11(18)6-16/h1-3,10-11,17-18H,4-6H2,(H3,14,15). The molecule has 0 aliphatic carbocycles. The summed E-state index contributed by atoms with van der Waals surface area (Å²) in [6, 6.07) is 4.11. The van der Waals surface area contributed by atoms with Crippen molar-refractivity contribution in [2.24, 2.45) is 5.73 Å². The highest BCUT2D eigenvalue weighted by atomic mass is 19.1. The van der Waals surface area contributed by atoms with Crippen LogP contribution in [0, 0.1) is 11.2 Å². The van der Waals surface area contributed by atoms with Crippen molar-refractivity contribution in [1.82, 2.24) is 4.90 Å². The minimum Gasteiger partial charge on any atom is -0.389 e. The summed E-state index contributed by atoms with van der Waals surface area (Å²) < 4.78 is 13.1. The van der Waals surface area contributed by atoms with Gasteiger partial charge in [-0.15, -0.1) is 0 Å². The lowest BCUT2D eigenvalue weighted by molar-refractivity contribution is 0.0572. The number of nitrogens with one attached hydrogen (secondary N) is 1. The van der Waals surface area contributed by atoms with E-state index in [0.29, 0.717) is 30.8 Å². The number of rotatable bonds is 3. The molecule has 6 heteroatoms. The average molecular weight is 253 g/mol. The van der Waals surface area contributed by atoms with Gasteiger partial charge in [-0.1, -0.05) is 6.07 Å². The molecule has 2 rings (SSSR count). The van der Waals surface area contributed by atoms with Crippen LogP contribution in [0.4, 0.5) is 4.39 Å². The smallest absolute Gasteiger partial charge is 0.123 e. The number of aliphatic hydroxyl groups excluding tert-OH is 2. The third-order valence-electron chi connectivity index (χ3n) is 3.09. The molecule has 98 valence electrons. The molecule has 0 amide bonds. The Kier molecular flexibility index (Phi) is 3.60. The number of β-amino-alcohol motifs (C(OH)–C–C–N with tert-alkyl or cyclic N) is 2. The molecule has 0 spiro atoms. The molecule has 18 heavy (non-hydrogen) atoms. The van der Waals surface area contributed by atoms with Crippen molar-refractivity contribution >= 4 is 5.84 Å². The van der Waals surface area contributed by atoms with Crippen LogP contribution in [0.2, 0.25) is 0 Å². The van der Waals surface area contributed by atoms with Gasteiger partial charge >= 0.3 is 0 Å². The summed E-state index contributed by atoms with van der Waals surface area (Å²) >= 11 is 0. The number of aliphatic hydroxyl groups is 2. The van der Waals surface area contributed by atoms with Gasteiger partial charge in [0, 0.05) is 25.2 Å². The van der Waals surface area contributed by atoms with Crippen molar-refractivity contribution in [2.45, 2.75) is 18.8 Å². The largest absolute Gasteiger partial charge is 0.389 e. The molecule has 0 saturated carbocycles. The summed E-state index contributed by atoms with van der Waals surface area (Å²) in [7, 11) is 0. The van der Waals surface area contributed by atoms with Gasteiger partial charge in [-0.05, 0) is 17.7 Å². The lowest BCUT2D eigenvalue weighted by atomic mass is 10.1. The van der Waals surface area contributed by atoms with Crippen LogP contribution < -0.4 is 5.73 Å². The molecule has 1 saturated heterocycles. The molecule has 0 aromatic heterocycles. The van der Waals surface area contributed by atoms with Crippen molar-refractivity contribution in [2.75, 3.05) is 13.1 Å². The van der Waals surface area contributed by atoms with Crippen molar-refractivity contribution in [3.63, 3.8) is 0 Å². The zero-order valence-electron chi connectivity index (χ0n) is 9.81. The van der Waals surface area contributed by atoms with Crippen LogP contribution in [0.25, 0.3) is 0 Å². The Bertz CT molecular complexity index is 457. The van der Waals surface area contributed by atoms with E-state index in [1.807, 2.05) is 4.90 Å². The summed E-state index contributed by atoms with van der Waals surface area (Å²) in [6.45, 7) is 1.13. The number of hydrogen-bond acceptors (Lipinski definition) is 4. The van der Waals surface area contributed by atoms with Gasteiger partial charge in [-0.25, -0.2) is 4.39 Å². The molecule has 1 aromatic rings. The fourth-order valence-corrected chi connectivity index (χ4v) is 2.15. The summed E-state index contributed by atoms with van der Waals surface area (Å²) in [5.74, 6) is -0.629. The van der Waals surface area contributed by atoms with E-state index in [1.54, 1.807) is 6.07 Å².